The standard InChI is InChI=1S/C25H23Cl2NO4/c1-13-22(25(30)32-3)23(15-6-9-18(26)19(27)10-15)24-20(28-13)11-16(12-21(24)29)14-4-7-17(31-2)8-5-14/h4-10,16,22-23H,11-12H2,1-3H3/t16-,22?,23-/m1/s1. The highest BCUT2D eigenvalue weighted by Crippen LogP contribution is 2.47. The number of halogens is 2. The Bertz CT molecular complexity index is 1140. The first-order valence-electron chi connectivity index (χ1n) is 10.3. The van der Waals surface area contributed by atoms with Crippen molar-refractivity contribution in [3.8, 4) is 5.75 Å². The van der Waals surface area contributed by atoms with Crippen molar-refractivity contribution in [3.63, 3.8) is 0 Å². The van der Waals surface area contributed by atoms with Gasteiger partial charge in [0.25, 0.3) is 0 Å². The van der Waals surface area contributed by atoms with Crippen LogP contribution in [0.4, 0.5) is 0 Å². The van der Waals surface area contributed by atoms with Crippen LogP contribution in [0.5, 0.6) is 5.75 Å². The fourth-order valence-electron chi connectivity index (χ4n) is 4.67. The van der Waals surface area contributed by atoms with E-state index < -0.39 is 17.8 Å². The highest BCUT2D eigenvalue weighted by molar-refractivity contribution is 6.42. The molecule has 0 spiro atoms. The van der Waals surface area contributed by atoms with Gasteiger partial charge in [0, 0.05) is 29.3 Å². The maximum atomic E-state index is 13.5. The average Bonchev–Trinajstić information content (AvgIpc) is 2.79. The first kappa shape index (κ1) is 22.6. The Labute approximate surface area is 197 Å². The quantitative estimate of drug-likeness (QED) is 0.532. The number of aliphatic imine (C=N–C) groups is 1. The lowest BCUT2D eigenvalue weighted by atomic mass is 9.69. The highest BCUT2D eigenvalue weighted by Gasteiger charge is 2.44. The molecule has 0 amide bonds. The molecule has 166 valence electrons. The number of carbonyl (C=O) groups is 2. The van der Waals surface area contributed by atoms with E-state index in [1.807, 2.05) is 24.3 Å². The summed E-state index contributed by atoms with van der Waals surface area (Å²) in [5, 5.41) is 0.782. The molecule has 0 saturated heterocycles. The van der Waals surface area contributed by atoms with Crippen LogP contribution in [0.1, 0.15) is 42.7 Å². The summed E-state index contributed by atoms with van der Waals surface area (Å²) in [5.41, 5.74) is 3.70. The molecule has 1 unspecified atom stereocenters. The number of methoxy groups -OCH3 is 2. The van der Waals surface area contributed by atoms with Crippen molar-refractivity contribution in [2.45, 2.75) is 31.6 Å². The van der Waals surface area contributed by atoms with Gasteiger partial charge < -0.3 is 9.47 Å². The molecule has 0 bridgehead atoms. The number of ketones is 1. The van der Waals surface area contributed by atoms with E-state index in [9.17, 15) is 9.59 Å². The summed E-state index contributed by atoms with van der Waals surface area (Å²) in [6.07, 6.45) is 0.946. The molecule has 1 aliphatic heterocycles. The molecule has 2 aliphatic rings. The van der Waals surface area contributed by atoms with Crippen molar-refractivity contribution in [2.24, 2.45) is 10.9 Å². The Morgan fingerprint density at radius 2 is 1.69 bits per heavy atom. The first-order chi connectivity index (χ1) is 15.3. The number of Topliss-reactive ketones (excluding diaryl/α,β-unsaturated/α-hetero) is 1. The van der Waals surface area contributed by atoms with E-state index in [2.05, 4.69) is 0 Å². The Morgan fingerprint density at radius 3 is 2.31 bits per heavy atom. The lowest BCUT2D eigenvalue weighted by molar-refractivity contribution is -0.143. The second kappa shape index (κ2) is 9.08. The van der Waals surface area contributed by atoms with Crippen LogP contribution < -0.4 is 4.74 Å². The molecule has 0 aromatic heterocycles. The minimum absolute atomic E-state index is 0.00726. The van der Waals surface area contributed by atoms with Crippen LogP contribution in [0.3, 0.4) is 0 Å². The summed E-state index contributed by atoms with van der Waals surface area (Å²) in [7, 11) is 2.96. The summed E-state index contributed by atoms with van der Waals surface area (Å²) in [6, 6.07) is 13.0. The SMILES string of the molecule is COC(=O)C1C(C)=NC2=C(C(=O)C[C@H](c3ccc(OC)cc3)C2)[C@@H]1c1ccc(Cl)c(Cl)c1. The van der Waals surface area contributed by atoms with Crippen LogP contribution >= 0.6 is 23.2 Å². The zero-order valence-corrected chi connectivity index (χ0v) is 19.5. The van der Waals surface area contributed by atoms with Crippen molar-refractivity contribution in [2.75, 3.05) is 14.2 Å². The summed E-state index contributed by atoms with van der Waals surface area (Å²) in [6.45, 7) is 1.80. The number of hydrogen-bond donors (Lipinski definition) is 0. The third-order valence-corrected chi connectivity index (χ3v) is 6.97. The molecule has 7 heteroatoms. The van der Waals surface area contributed by atoms with Gasteiger partial charge in [-0.3, -0.25) is 14.6 Å². The number of allylic oxidation sites excluding steroid dienone is 2. The first-order valence-corrected chi connectivity index (χ1v) is 11.1. The van der Waals surface area contributed by atoms with E-state index >= 15 is 0 Å². The Balaban J connectivity index is 1.79. The predicted molar refractivity (Wildman–Crippen MR) is 125 cm³/mol. The van der Waals surface area contributed by atoms with E-state index in [0.717, 1.165) is 22.6 Å². The number of benzene rings is 2. The molecule has 0 fully saturated rings. The van der Waals surface area contributed by atoms with Crippen molar-refractivity contribution in [3.05, 3.63) is 74.9 Å². The highest BCUT2D eigenvalue weighted by atomic mass is 35.5. The van der Waals surface area contributed by atoms with Gasteiger partial charge in [-0.1, -0.05) is 41.4 Å². The van der Waals surface area contributed by atoms with Crippen molar-refractivity contribution in [1.82, 2.24) is 0 Å². The molecule has 1 heterocycles. The molecule has 0 N–H and O–H groups in total. The molecule has 2 aromatic rings. The van der Waals surface area contributed by atoms with E-state index in [1.165, 1.54) is 7.11 Å². The van der Waals surface area contributed by atoms with Crippen LogP contribution in [-0.2, 0) is 14.3 Å². The maximum absolute atomic E-state index is 13.5. The Morgan fingerprint density at radius 1 is 1.00 bits per heavy atom. The molecule has 2 aromatic carbocycles. The van der Waals surface area contributed by atoms with Gasteiger partial charge in [0.05, 0.1) is 24.3 Å². The van der Waals surface area contributed by atoms with Gasteiger partial charge in [-0.05, 0) is 54.7 Å². The van der Waals surface area contributed by atoms with Crippen molar-refractivity contribution < 1.29 is 19.1 Å². The molecule has 3 atom stereocenters. The van der Waals surface area contributed by atoms with E-state index in [0.29, 0.717) is 34.2 Å². The van der Waals surface area contributed by atoms with Crippen LogP contribution in [0.15, 0.2) is 58.7 Å². The van der Waals surface area contributed by atoms with Crippen LogP contribution in [0.2, 0.25) is 10.0 Å². The third kappa shape index (κ3) is 4.07. The lowest BCUT2D eigenvalue weighted by Gasteiger charge is -2.36. The Hall–Kier alpha value is -2.63. The second-order valence-electron chi connectivity index (χ2n) is 8.07. The lowest BCUT2D eigenvalue weighted by Crippen LogP contribution is -2.37. The van der Waals surface area contributed by atoms with Gasteiger partial charge in [-0.15, -0.1) is 0 Å². The van der Waals surface area contributed by atoms with Crippen LogP contribution in [0, 0.1) is 5.92 Å². The van der Waals surface area contributed by atoms with Crippen molar-refractivity contribution >= 4 is 40.7 Å². The van der Waals surface area contributed by atoms with E-state index in [-0.39, 0.29) is 11.7 Å². The smallest absolute Gasteiger partial charge is 0.315 e. The molecular weight excluding hydrogens is 449 g/mol. The van der Waals surface area contributed by atoms with Gasteiger partial charge in [0.1, 0.15) is 11.7 Å². The number of ether oxygens (including phenoxy) is 2. The third-order valence-electron chi connectivity index (χ3n) is 6.23. The molecule has 0 radical (unpaired) electrons. The Kier molecular flexibility index (Phi) is 6.40. The monoisotopic (exact) mass is 471 g/mol. The van der Waals surface area contributed by atoms with Gasteiger partial charge in [0.2, 0.25) is 0 Å². The van der Waals surface area contributed by atoms with E-state index in [1.54, 1.807) is 32.2 Å². The molecule has 5 nitrogen and oxygen atoms in total. The molecule has 1 aliphatic carbocycles. The largest absolute Gasteiger partial charge is 0.497 e. The fraction of sp³-hybridized carbons (Fsp3) is 0.320. The number of nitrogens with zero attached hydrogens (tertiary/aromatic N) is 1. The summed E-state index contributed by atoms with van der Waals surface area (Å²) in [4.78, 5) is 30.9. The van der Waals surface area contributed by atoms with Crippen LogP contribution in [0.25, 0.3) is 0 Å². The predicted octanol–water partition coefficient (Wildman–Crippen LogP) is 5.75. The number of carbonyl (C=O) groups excluding carboxylic acids is 2. The second-order valence-corrected chi connectivity index (χ2v) is 8.88. The number of esters is 1. The molecule has 4 rings (SSSR count). The molecular formula is C25H23Cl2NO4. The zero-order chi connectivity index (χ0) is 23.0. The van der Waals surface area contributed by atoms with E-state index in [4.69, 9.17) is 37.7 Å². The number of hydrogen-bond acceptors (Lipinski definition) is 5. The number of rotatable bonds is 4. The minimum atomic E-state index is -0.697. The van der Waals surface area contributed by atoms with Crippen LogP contribution in [-0.4, -0.2) is 31.7 Å². The average molecular weight is 472 g/mol. The normalized spacial score (nSPS) is 22.8. The topological polar surface area (TPSA) is 65.0 Å². The summed E-state index contributed by atoms with van der Waals surface area (Å²) in [5.74, 6) is -0.894. The summed E-state index contributed by atoms with van der Waals surface area (Å²) >= 11 is 12.4. The molecule has 0 saturated carbocycles. The van der Waals surface area contributed by atoms with Gasteiger partial charge >= 0.3 is 5.97 Å². The summed E-state index contributed by atoms with van der Waals surface area (Å²) < 4.78 is 10.3. The molecule has 32 heavy (non-hydrogen) atoms. The van der Waals surface area contributed by atoms with Crippen molar-refractivity contribution in [1.29, 1.82) is 0 Å². The maximum Gasteiger partial charge on any atom is 0.315 e. The fourth-order valence-corrected chi connectivity index (χ4v) is 4.98. The van der Waals surface area contributed by atoms with Gasteiger partial charge in [0.15, 0.2) is 5.78 Å². The van der Waals surface area contributed by atoms with Gasteiger partial charge in [-0.2, -0.15) is 0 Å². The minimum Gasteiger partial charge on any atom is -0.497 e. The zero-order valence-electron chi connectivity index (χ0n) is 18.0. The van der Waals surface area contributed by atoms with Gasteiger partial charge in [-0.25, -0.2) is 0 Å².